The number of methoxy groups -OCH3 is 3. The molecule has 4 aromatic rings. The zero-order chi connectivity index (χ0) is 31.2. The third kappa shape index (κ3) is 5.32. The first-order valence-corrected chi connectivity index (χ1v) is 15.5. The van der Waals surface area contributed by atoms with Gasteiger partial charge in [-0.05, 0) is 110 Å². The Morgan fingerprint density at radius 1 is 0.689 bits per heavy atom. The molecule has 2 atom stereocenters. The van der Waals surface area contributed by atoms with Crippen LogP contribution in [0.15, 0.2) is 60.7 Å². The van der Waals surface area contributed by atoms with Crippen molar-refractivity contribution in [2.45, 2.75) is 37.8 Å². The highest BCUT2D eigenvalue weighted by atomic mass is 16.5. The molecule has 5 heterocycles. The summed E-state index contributed by atoms with van der Waals surface area (Å²) < 4.78 is 30.9. The van der Waals surface area contributed by atoms with Crippen LogP contribution in [0.3, 0.4) is 0 Å². The van der Waals surface area contributed by atoms with Crippen LogP contribution in [0.5, 0.6) is 46.0 Å². The number of hydrogen-bond donors (Lipinski definition) is 1. The fourth-order valence-electron chi connectivity index (χ4n) is 7.11. The first kappa shape index (κ1) is 29.3. The summed E-state index contributed by atoms with van der Waals surface area (Å²) in [5, 5.41) is 10.7. The molecule has 1 N–H and O–H groups in total. The molecule has 8 nitrogen and oxygen atoms in total. The predicted octanol–water partition coefficient (Wildman–Crippen LogP) is 6.86. The van der Waals surface area contributed by atoms with E-state index in [1.165, 1.54) is 16.7 Å². The lowest BCUT2D eigenvalue weighted by atomic mass is 9.87. The summed E-state index contributed by atoms with van der Waals surface area (Å²) in [5.41, 5.74) is 6.96. The molecule has 5 aliphatic rings. The van der Waals surface area contributed by atoms with Gasteiger partial charge in [-0.15, -0.1) is 0 Å². The molecule has 2 unspecified atom stereocenters. The number of hydrogen-bond acceptors (Lipinski definition) is 8. The zero-order valence-corrected chi connectivity index (χ0v) is 26.6. The monoisotopic (exact) mass is 608 g/mol. The molecule has 0 fully saturated rings. The second-order valence-corrected chi connectivity index (χ2v) is 12.3. The maximum absolute atomic E-state index is 10.7. The Morgan fingerprint density at radius 3 is 2.09 bits per heavy atom. The quantitative estimate of drug-likeness (QED) is 0.271. The fourth-order valence-corrected chi connectivity index (χ4v) is 7.11. The van der Waals surface area contributed by atoms with Gasteiger partial charge in [0.15, 0.2) is 34.5 Å². The van der Waals surface area contributed by atoms with Gasteiger partial charge in [0.05, 0.1) is 21.3 Å². The Balaban J connectivity index is 1.44. The van der Waals surface area contributed by atoms with Crippen LogP contribution < -0.4 is 23.7 Å². The molecule has 0 saturated carbocycles. The van der Waals surface area contributed by atoms with Crippen molar-refractivity contribution in [3.05, 3.63) is 94.0 Å². The first-order chi connectivity index (χ1) is 21.9. The number of likely N-dealkylation sites (N-methyl/N-ethyl adjacent to an activating group) is 2. The average molecular weight is 609 g/mol. The van der Waals surface area contributed by atoms with E-state index in [-0.39, 0.29) is 17.8 Å². The minimum absolute atomic E-state index is 0.0277. The van der Waals surface area contributed by atoms with Crippen molar-refractivity contribution in [1.82, 2.24) is 9.80 Å². The SMILES string of the molecule is COc1cc2c3cc1Oc1c4c(cc(OC)c1OC)C(Cc1ccc(O)c(c1)Oc1ccc(cc1)CC2N(C)CC3)N(C)CC4. The fraction of sp³-hybridized carbons (Fsp3) is 0.351. The van der Waals surface area contributed by atoms with E-state index >= 15 is 0 Å². The van der Waals surface area contributed by atoms with E-state index in [9.17, 15) is 5.11 Å². The molecule has 5 aliphatic heterocycles. The van der Waals surface area contributed by atoms with Crippen LogP contribution in [0.4, 0.5) is 0 Å². The number of aromatic hydroxyl groups is 1. The summed E-state index contributed by atoms with van der Waals surface area (Å²) in [6.45, 7) is 1.78. The Labute approximate surface area is 264 Å². The highest BCUT2D eigenvalue weighted by Crippen LogP contribution is 2.51. The molecule has 0 spiro atoms. The molecule has 12 bridgehead atoms. The van der Waals surface area contributed by atoms with Gasteiger partial charge in [0, 0.05) is 30.7 Å². The van der Waals surface area contributed by atoms with Crippen molar-refractivity contribution in [3.8, 4) is 46.0 Å². The van der Waals surface area contributed by atoms with Gasteiger partial charge < -0.3 is 28.8 Å². The molecule has 4 aromatic carbocycles. The Kier molecular flexibility index (Phi) is 7.71. The van der Waals surface area contributed by atoms with Crippen LogP contribution in [-0.4, -0.2) is 63.4 Å². The van der Waals surface area contributed by atoms with Gasteiger partial charge in [0.2, 0.25) is 5.75 Å². The summed E-state index contributed by atoms with van der Waals surface area (Å²) in [6.07, 6.45) is 3.24. The summed E-state index contributed by atoms with van der Waals surface area (Å²) in [5.74, 6) is 4.44. The average Bonchev–Trinajstić information content (AvgIpc) is 3.05. The zero-order valence-electron chi connectivity index (χ0n) is 26.6. The normalized spacial score (nSPS) is 19.4. The number of ether oxygens (including phenoxy) is 5. The molecule has 0 amide bonds. The molecule has 0 saturated heterocycles. The summed E-state index contributed by atoms with van der Waals surface area (Å²) >= 11 is 0. The first-order valence-electron chi connectivity index (χ1n) is 15.5. The van der Waals surface area contributed by atoms with Crippen LogP contribution in [0.25, 0.3) is 0 Å². The van der Waals surface area contributed by atoms with E-state index in [2.05, 4.69) is 54.2 Å². The van der Waals surface area contributed by atoms with Crippen LogP contribution >= 0.6 is 0 Å². The van der Waals surface area contributed by atoms with Gasteiger partial charge in [-0.25, -0.2) is 0 Å². The Morgan fingerprint density at radius 2 is 1.36 bits per heavy atom. The van der Waals surface area contributed by atoms with E-state index < -0.39 is 0 Å². The Hall–Kier alpha value is -4.40. The van der Waals surface area contributed by atoms with Crippen molar-refractivity contribution in [2.24, 2.45) is 0 Å². The van der Waals surface area contributed by atoms with Gasteiger partial charge in [0.1, 0.15) is 5.75 Å². The highest BCUT2D eigenvalue weighted by molar-refractivity contribution is 5.63. The molecular weight excluding hydrogens is 568 g/mol. The van der Waals surface area contributed by atoms with E-state index in [0.29, 0.717) is 46.7 Å². The molecule has 0 radical (unpaired) electrons. The van der Waals surface area contributed by atoms with E-state index in [1.807, 2.05) is 24.3 Å². The maximum atomic E-state index is 10.7. The second-order valence-electron chi connectivity index (χ2n) is 12.3. The number of fused-ring (bicyclic) bond motifs is 1. The smallest absolute Gasteiger partial charge is 0.204 e. The Bertz CT molecular complexity index is 1740. The van der Waals surface area contributed by atoms with Crippen molar-refractivity contribution < 1.29 is 28.8 Å². The lowest BCUT2D eigenvalue weighted by Gasteiger charge is -2.37. The van der Waals surface area contributed by atoms with Gasteiger partial charge in [-0.3, -0.25) is 9.80 Å². The van der Waals surface area contributed by atoms with Crippen molar-refractivity contribution >= 4 is 0 Å². The number of benzene rings is 4. The molecular formula is C37H40N2O6. The third-order valence-electron chi connectivity index (χ3n) is 9.66. The third-order valence-corrected chi connectivity index (χ3v) is 9.66. The molecule has 9 rings (SSSR count). The predicted molar refractivity (Wildman–Crippen MR) is 173 cm³/mol. The largest absolute Gasteiger partial charge is 0.504 e. The van der Waals surface area contributed by atoms with Crippen molar-refractivity contribution in [3.63, 3.8) is 0 Å². The maximum Gasteiger partial charge on any atom is 0.204 e. The lowest BCUT2D eigenvalue weighted by molar-refractivity contribution is 0.224. The number of phenols is 1. The number of phenolic OH excluding ortho intramolecular Hbond substituents is 1. The molecule has 8 heteroatoms. The van der Waals surface area contributed by atoms with Crippen molar-refractivity contribution in [2.75, 3.05) is 48.5 Å². The minimum atomic E-state index is 0.0277. The minimum Gasteiger partial charge on any atom is -0.504 e. The van der Waals surface area contributed by atoms with Crippen LogP contribution in [0, 0.1) is 0 Å². The van der Waals surface area contributed by atoms with Crippen LogP contribution in [0.1, 0.15) is 45.5 Å². The van der Waals surface area contributed by atoms with Crippen molar-refractivity contribution in [1.29, 1.82) is 0 Å². The molecule has 45 heavy (non-hydrogen) atoms. The molecule has 0 aliphatic carbocycles. The number of rotatable bonds is 3. The van der Waals surface area contributed by atoms with Gasteiger partial charge in [-0.2, -0.15) is 0 Å². The van der Waals surface area contributed by atoms with Crippen LogP contribution in [0.2, 0.25) is 0 Å². The second kappa shape index (κ2) is 11.8. The summed E-state index contributed by atoms with van der Waals surface area (Å²) in [6, 6.07) is 20.4. The van der Waals surface area contributed by atoms with Crippen LogP contribution in [-0.2, 0) is 25.7 Å². The standard InChI is InChI=1S/C37H40N2O6/c1-38-14-12-24-19-34-33(41-3)20-27(24)29(38)16-22-6-9-25(10-7-22)44-32-18-23(8-11-31(32)40)17-30-28-21-35(42-4)37(43-5)36(45-34)26(28)13-15-39(30)2/h6-11,18-21,29-30,40H,12-17H2,1-5H3. The highest BCUT2D eigenvalue weighted by Gasteiger charge is 2.33. The van der Waals surface area contributed by atoms with E-state index in [0.717, 1.165) is 49.0 Å². The summed E-state index contributed by atoms with van der Waals surface area (Å²) in [4.78, 5) is 4.76. The molecule has 0 aromatic heterocycles. The van der Waals surface area contributed by atoms with Gasteiger partial charge in [-0.1, -0.05) is 18.2 Å². The molecule has 234 valence electrons. The number of nitrogens with zero attached hydrogens (tertiary/aromatic N) is 2. The van der Waals surface area contributed by atoms with E-state index in [1.54, 1.807) is 27.4 Å². The van der Waals surface area contributed by atoms with Gasteiger partial charge >= 0.3 is 0 Å². The van der Waals surface area contributed by atoms with E-state index in [4.69, 9.17) is 23.7 Å². The lowest BCUT2D eigenvalue weighted by Crippen LogP contribution is -2.34. The van der Waals surface area contributed by atoms with Gasteiger partial charge in [0.25, 0.3) is 0 Å². The topological polar surface area (TPSA) is 72.9 Å². The summed E-state index contributed by atoms with van der Waals surface area (Å²) in [7, 11) is 9.33.